The summed E-state index contributed by atoms with van der Waals surface area (Å²) in [6.07, 6.45) is 10.7. The van der Waals surface area contributed by atoms with Crippen molar-refractivity contribution in [2.45, 2.75) is 51.9 Å². The van der Waals surface area contributed by atoms with Gasteiger partial charge in [-0.25, -0.2) is 0 Å². The monoisotopic (exact) mass is 152 g/mol. The highest BCUT2D eigenvalue weighted by Gasteiger charge is 2.34. The van der Waals surface area contributed by atoms with Crippen LogP contribution in [-0.4, -0.2) is 0 Å². The van der Waals surface area contributed by atoms with E-state index in [4.69, 9.17) is 0 Å². The van der Waals surface area contributed by atoms with E-state index in [0.717, 1.165) is 17.8 Å². The molecule has 0 aliphatic heterocycles. The third-order valence-electron chi connectivity index (χ3n) is 3.98. The Kier molecular flexibility index (Phi) is 2.20. The Morgan fingerprint density at radius 2 is 1.45 bits per heavy atom. The van der Waals surface area contributed by atoms with Crippen LogP contribution in [0.4, 0.5) is 0 Å². The van der Waals surface area contributed by atoms with E-state index in [-0.39, 0.29) is 0 Å². The van der Waals surface area contributed by atoms with Crippen LogP contribution in [-0.2, 0) is 0 Å². The third-order valence-corrected chi connectivity index (χ3v) is 3.98. The van der Waals surface area contributed by atoms with Crippen molar-refractivity contribution in [1.29, 1.82) is 0 Å². The second kappa shape index (κ2) is 3.16. The third kappa shape index (κ3) is 1.32. The number of rotatable bonds is 3. The fourth-order valence-corrected chi connectivity index (χ4v) is 2.79. The van der Waals surface area contributed by atoms with E-state index in [2.05, 4.69) is 6.92 Å². The van der Waals surface area contributed by atoms with E-state index in [9.17, 15) is 0 Å². The second-order valence-corrected chi connectivity index (χ2v) is 4.45. The average molecular weight is 152 g/mol. The van der Waals surface area contributed by atoms with E-state index >= 15 is 0 Å². The standard InChI is InChI=1S/C11H20/c1-2-11(9-5-3-6-9)10-7-4-8-10/h9-11H,2-8H2,1H3. The van der Waals surface area contributed by atoms with Crippen molar-refractivity contribution in [3.8, 4) is 0 Å². The highest BCUT2D eigenvalue weighted by atomic mass is 14.4. The molecule has 2 aliphatic carbocycles. The molecule has 2 saturated carbocycles. The van der Waals surface area contributed by atoms with Gasteiger partial charge in [-0.05, 0) is 17.8 Å². The quantitative estimate of drug-likeness (QED) is 0.579. The summed E-state index contributed by atoms with van der Waals surface area (Å²) in [5.74, 6) is 3.41. The van der Waals surface area contributed by atoms with Crippen LogP contribution in [0.3, 0.4) is 0 Å². The van der Waals surface area contributed by atoms with Gasteiger partial charge in [0.05, 0.1) is 0 Å². The lowest BCUT2D eigenvalue weighted by atomic mass is 9.64. The van der Waals surface area contributed by atoms with E-state index < -0.39 is 0 Å². The van der Waals surface area contributed by atoms with Crippen LogP contribution in [0, 0.1) is 17.8 Å². The lowest BCUT2D eigenvalue weighted by Gasteiger charge is -2.42. The molecule has 0 atom stereocenters. The normalized spacial score (nSPS) is 26.7. The zero-order chi connectivity index (χ0) is 7.68. The Morgan fingerprint density at radius 1 is 1.00 bits per heavy atom. The highest BCUT2D eigenvalue weighted by molar-refractivity contribution is 4.85. The van der Waals surface area contributed by atoms with Gasteiger partial charge in [-0.2, -0.15) is 0 Å². The molecule has 11 heavy (non-hydrogen) atoms. The highest BCUT2D eigenvalue weighted by Crippen LogP contribution is 2.45. The Labute approximate surface area is 70.4 Å². The Morgan fingerprint density at radius 3 is 1.64 bits per heavy atom. The molecule has 0 bridgehead atoms. The summed E-state index contributed by atoms with van der Waals surface area (Å²) in [4.78, 5) is 0. The van der Waals surface area contributed by atoms with Crippen LogP contribution < -0.4 is 0 Å². The summed E-state index contributed by atoms with van der Waals surface area (Å²) >= 11 is 0. The zero-order valence-corrected chi connectivity index (χ0v) is 7.68. The summed E-state index contributed by atoms with van der Waals surface area (Å²) in [7, 11) is 0. The van der Waals surface area contributed by atoms with Crippen LogP contribution in [0.1, 0.15) is 51.9 Å². The molecule has 2 fully saturated rings. The van der Waals surface area contributed by atoms with Crippen LogP contribution >= 0.6 is 0 Å². The number of hydrogen-bond donors (Lipinski definition) is 0. The van der Waals surface area contributed by atoms with Crippen molar-refractivity contribution in [2.75, 3.05) is 0 Å². The van der Waals surface area contributed by atoms with Gasteiger partial charge in [0.25, 0.3) is 0 Å². The zero-order valence-electron chi connectivity index (χ0n) is 7.68. The molecular weight excluding hydrogens is 132 g/mol. The van der Waals surface area contributed by atoms with Crippen molar-refractivity contribution in [1.82, 2.24) is 0 Å². The predicted molar refractivity (Wildman–Crippen MR) is 48.5 cm³/mol. The minimum atomic E-state index is 1.12. The van der Waals surface area contributed by atoms with Crippen LogP contribution in [0.15, 0.2) is 0 Å². The van der Waals surface area contributed by atoms with Gasteiger partial charge in [-0.1, -0.05) is 51.9 Å². The van der Waals surface area contributed by atoms with E-state index in [0.29, 0.717) is 0 Å². The van der Waals surface area contributed by atoms with E-state index in [1.54, 1.807) is 25.7 Å². The van der Waals surface area contributed by atoms with Gasteiger partial charge in [0, 0.05) is 0 Å². The van der Waals surface area contributed by atoms with Crippen molar-refractivity contribution in [2.24, 2.45) is 17.8 Å². The molecule has 0 aromatic carbocycles. The maximum Gasteiger partial charge on any atom is -0.0360 e. The first kappa shape index (κ1) is 7.64. The predicted octanol–water partition coefficient (Wildman–Crippen LogP) is 3.61. The van der Waals surface area contributed by atoms with Crippen molar-refractivity contribution in [3.63, 3.8) is 0 Å². The van der Waals surface area contributed by atoms with Gasteiger partial charge in [-0.15, -0.1) is 0 Å². The van der Waals surface area contributed by atoms with Crippen LogP contribution in [0.2, 0.25) is 0 Å². The van der Waals surface area contributed by atoms with Gasteiger partial charge in [0.2, 0.25) is 0 Å². The summed E-state index contributed by atoms with van der Waals surface area (Å²) < 4.78 is 0. The molecule has 0 nitrogen and oxygen atoms in total. The van der Waals surface area contributed by atoms with E-state index in [1.165, 1.54) is 19.3 Å². The first-order valence-electron chi connectivity index (χ1n) is 5.42. The second-order valence-electron chi connectivity index (χ2n) is 4.45. The largest absolute Gasteiger partial charge is 0.0651 e. The minimum Gasteiger partial charge on any atom is -0.0651 e. The average Bonchev–Trinajstić information content (AvgIpc) is 1.78. The first-order valence-corrected chi connectivity index (χ1v) is 5.42. The lowest BCUT2D eigenvalue weighted by Crippen LogP contribution is -2.31. The first-order chi connectivity index (χ1) is 5.42. The van der Waals surface area contributed by atoms with E-state index in [1.807, 2.05) is 0 Å². The molecule has 2 rings (SSSR count). The minimum absolute atomic E-state index is 1.12. The summed E-state index contributed by atoms with van der Waals surface area (Å²) in [5, 5.41) is 0. The summed E-state index contributed by atoms with van der Waals surface area (Å²) in [5.41, 5.74) is 0. The smallest absolute Gasteiger partial charge is 0.0360 e. The van der Waals surface area contributed by atoms with Gasteiger partial charge in [0.15, 0.2) is 0 Å². The molecule has 0 saturated heterocycles. The molecule has 64 valence electrons. The van der Waals surface area contributed by atoms with Gasteiger partial charge >= 0.3 is 0 Å². The molecule has 0 N–H and O–H groups in total. The fourth-order valence-electron chi connectivity index (χ4n) is 2.79. The maximum absolute atomic E-state index is 2.39. The molecule has 0 spiro atoms. The van der Waals surface area contributed by atoms with Gasteiger partial charge in [0.1, 0.15) is 0 Å². The summed E-state index contributed by atoms with van der Waals surface area (Å²) in [6, 6.07) is 0. The Balaban J connectivity index is 1.83. The topological polar surface area (TPSA) is 0 Å². The lowest BCUT2D eigenvalue weighted by molar-refractivity contribution is 0.0897. The molecule has 2 aliphatic rings. The Bertz CT molecular complexity index is 106. The number of hydrogen-bond acceptors (Lipinski definition) is 0. The van der Waals surface area contributed by atoms with Crippen LogP contribution in [0.25, 0.3) is 0 Å². The molecule has 0 amide bonds. The molecule has 0 aromatic rings. The summed E-state index contributed by atoms with van der Waals surface area (Å²) in [6.45, 7) is 2.39. The molecule has 0 aromatic heterocycles. The van der Waals surface area contributed by atoms with Crippen molar-refractivity contribution >= 4 is 0 Å². The van der Waals surface area contributed by atoms with Crippen molar-refractivity contribution in [3.05, 3.63) is 0 Å². The Hall–Kier alpha value is 0. The fraction of sp³-hybridized carbons (Fsp3) is 1.00. The molecule has 0 heterocycles. The van der Waals surface area contributed by atoms with Gasteiger partial charge in [-0.3, -0.25) is 0 Å². The molecule has 0 radical (unpaired) electrons. The molecule has 0 unspecified atom stereocenters. The van der Waals surface area contributed by atoms with Crippen LogP contribution in [0.5, 0.6) is 0 Å². The molecular formula is C11H20. The molecule has 0 heteroatoms. The van der Waals surface area contributed by atoms with Gasteiger partial charge < -0.3 is 0 Å². The van der Waals surface area contributed by atoms with Crippen molar-refractivity contribution < 1.29 is 0 Å². The SMILES string of the molecule is CCC(C1CCC1)C1CCC1. The maximum atomic E-state index is 2.39.